The van der Waals surface area contributed by atoms with Crippen molar-refractivity contribution in [2.24, 2.45) is 5.41 Å². The lowest BCUT2D eigenvalue weighted by Gasteiger charge is -2.11. The number of halogens is 1. The molecule has 0 unspecified atom stereocenters. The number of amides is 1. The van der Waals surface area contributed by atoms with Crippen LogP contribution in [-0.4, -0.2) is 29.1 Å². The number of nitrogens with one attached hydrogen (secondary N) is 2. The van der Waals surface area contributed by atoms with Crippen molar-refractivity contribution in [1.29, 1.82) is 0 Å². The third-order valence-corrected chi connectivity index (χ3v) is 4.24. The van der Waals surface area contributed by atoms with E-state index in [9.17, 15) is 9.90 Å². The van der Waals surface area contributed by atoms with Crippen LogP contribution < -0.4 is 5.32 Å². The van der Waals surface area contributed by atoms with E-state index in [0.29, 0.717) is 12.2 Å². The second kappa shape index (κ2) is 4.65. The number of aliphatic hydroxyl groups excluding tert-OH is 1. The van der Waals surface area contributed by atoms with Gasteiger partial charge in [-0.1, -0.05) is 22.0 Å². The monoisotopic (exact) mass is 322 g/mol. The molecule has 0 atom stereocenters. The maximum atomic E-state index is 12.1. The lowest BCUT2D eigenvalue weighted by Crippen LogP contribution is -2.32. The molecular formula is C14H15BrN2O2. The zero-order valence-electron chi connectivity index (χ0n) is 10.4. The van der Waals surface area contributed by atoms with Crippen molar-refractivity contribution in [3.8, 4) is 0 Å². The standard InChI is InChI=1S/C14H15BrN2O2/c15-10-2-1-9-5-12(17-11(9)6-10)13(19)16-7-14(8-18)3-4-14/h1-2,5-6,17-18H,3-4,7-8H2,(H,16,19). The van der Waals surface area contributed by atoms with E-state index in [0.717, 1.165) is 28.2 Å². The van der Waals surface area contributed by atoms with Gasteiger partial charge in [0.25, 0.3) is 5.91 Å². The lowest BCUT2D eigenvalue weighted by molar-refractivity contribution is 0.0931. The number of aromatic amines is 1. The topological polar surface area (TPSA) is 65.1 Å². The van der Waals surface area contributed by atoms with Crippen molar-refractivity contribution in [2.75, 3.05) is 13.2 Å². The highest BCUT2D eigenvalue weighted by Gasteiger charge is 2.42. The number of carbonyl (C=O) groups is 1. The summed E-state index contributed by atoms with van der Waals surface area (Å²) in [5, 5.41) is 13.1. The molecular weight excluding hydrogens is 308 g/mol. The Labute approximate surface area is 119 Å². The highest BCUT2D eigenvalue weighted by molar-refractivity contribution is 9.10. The third kappa shape index (κ3) is 2.53. The molecule has 3 rings (SSSR count). The van der Waals surface area contributed by atoms with E-state index >= 15 is 0 Å². The third-order valence-electron chi connectivity index (χ3n) is 3.75. The van der Waals surface area contributed by atoms with Gasteiger partial charge < -0.3 is 15.4 Å². The number of benzene rings is 1. The first-order chi connectivity index (χ1) is 9.12. The molecule has 1 heterocycles. The van der Waals surface area contributed by atoms with Gasteiger partial charge in [0.15, 0.2) is 0 Å². The predicted octanol–water partition coefficient (Wildman–Crippen LogP) is 2.43. The van der Waals surface area contributed by atoms with Gasteiger partial charge in [0.05, 0.1) is 6.61 Å². The number of rotatable bonds is 4. The van der Waals surface area contributed by atoms with E-state index in [2.05, 4.69) is 26.2 Å². The second-order valence-electron chi connectivity index (χ2n) is 5.26. The first-order valence-corrected chi connectivity index (χ1v) is 7.09. The number of fused-ring (bicyclic) bond motifs is 1. The molecule has 1 aliphatic carbocycles. The highest BCUT2D eigenvalue weighted by atomic mass is 79.9. The van der Waals surface area contributed by atoms with Gasteiger partial charge in [-0.05, 0) is 31.0 Å². The molecule has 2 aromatic rings. The van der Waals surface area contributed by atoms with E-state index in [1.807, 2.05) is 24.3 Å². The summed E-state index contributed by atoms with van der Waals surface area (Å²) in [7, 11) is 0. The zero-order valence-corrected chi connectivity index (χ0v) is 12.0. The Morgan fingerprint density at radius 1 is 1.42 bits per heavy atom. The molecule has 0 aliphatic heterocycles. The Bertz CT molecular complexity index is 631. The molecule has 19 heavy (non-hydrogen) atoms. The molecule has 1 aliphatic rings. The number of aliphatic hydroxyl groups is 1. The summed E-state index contributed by atoms with van der Waals surface area (Å²) in [6, 6.07) is 7.70. The minimum absolute atomic E-state index is 0.0648. The maximum Gasteiger partial charge on any atom is 0.267 e. The van der Waals surface area contributed by atoms with Crippen LogP contribution in [0.4, 0.5) is 0 Å². The van der Waals surface area contributed by atoms with Gasteiger partial charge in [0, 0.05) is 27.3 Å². The number of carbonyl (C=O) groups excluding carboxylic acids is 1. The number of H-pyrrole nitrogens is 1. The van der Waals surface area contributed by atoms with Crippen LogP contribution in [0.5, 0.6) is 0 Å². The molecule has 0 radical (unpaired) electrons. The van der Waals surface area contributed by atoms with Gasteiger partial charge in [-0.25, -0.2) is 0 Å². The van der Waals surface area contributed by atoms with Crippen molar-refractivity contribution in [1.82, 2.24) is 10.3 Å². The van der Waals surface area contributed by atoms with Gasteiger partial charge in [-0.2, -0.15) is 0 Å². The van der Waals surface area contributed by atoms with Crippen LogP contribution in [0.2, 0.25) is 0 Å². The molecule has 4 nitrogen and oxygen atoms in total. The summed E-state index contributed by atoms with van der Waals surface area (Å²) >= 11 is 3.40. The Morgan fingerprint density at radius 2 is 2.21 bits per heavy atom. The summed E-state index contributed by atoms with van der Waals surface area (Å²) in [4.78, 5) is 15.2. The quantitative estimate of drug-likeness (QED) is 0.809. The van der Waals surface area contributed by atoms with Gasteiger partial charge >= 0.3 is 0 Å². The van der Waals surface area contributed by atoms with Crippen molar-refractivity contribution < 1.29 is 9.90 Å². The van der Waals surface area contributed by atoms with E-state index < -0.39 is 0 Å². The summed E-state index contributed by atoms with van der Waals surface area (Å²) in [6.45, 7) is 0.689. The SMILES string of the molecule is O=C(NCC1(CO)CC1)c1cc2ccc(Br)cc2[nH]1. The highest BCUT2D eigenvalue weighted by Crippen LogP contribution is 2.44. The van der Waals surface area contributed by atoms with Crippen molar-refractivity contribution in [3.05, 3.63) is 34.4 Å². The van der Waals surface area contributed by atoms with Gasteiger partial charge in [-0.3, -0.25) is 4.79 Å². The summed E-state index contributed by atoms with van der Waals surface area (Å²) < 4.78 is 0.978. The van der Waals surface area contributed by atoms with Crippen molar-refractivity contribution in [3.63, 3.8) is 0 Å². The maximum absolute atomic E-state index is 12.1. The first kappa shape index (κ1) is 12.7. The van der Waals surface area contributed by atoms with Crippen LogP contribution in [0.15, 0.2) is 28.7 Å². The number of aromatic nitrogens is 1. The van der Waals surface area contributed by atoms with Crippen LogP contribution in [-0.2, 0) is 0 Å². The molecule has 1 aromatic heterocycles. The molecule has 0 spiro atoms. The van der Waals surface area contributed by atoms with E-state index in [4.69, 9.17) is 0 Å². The fraction of sp³-hybridized carbons (Fsp3) is 0.357. The molecule has 1 fully saturated rings. The summed E-state index contributed by atoms with van der Waals surface area (Å²) in [5.41, 5.74) is 1.43. The van der Waals surface area contributed by atoms with E-state index in [1.54, 1.807) is 0 Å². The molecule has 1 saturated carbocycles. The van der Waals surface area contributed by atoms with Crippen molar-refractivity contribution >= 4 is 32.7 Å². The Kier molecular flexibility index (Phi) is 3.11. The largest absolute Gasteiger partial charge is 0.396 e. The average molecular weight is 323 g/mol. The Hall–Kier alpha value is -1.33. The number of hydrogen-bond donors (Lipinski definition) is 3. The molecule has 1 amide bonds. The normalized spacial score (nSPS) is 16.5. The zero-order chi connectivity index (χ0) is 13.5. The fourth-order valence-corrected chi connectivity index (χ4v) is 2.51. The minimum atomic E-state index is -0.118. The van der Waals surface area contributed by atoms with Crippen LogP contribution >= 0.6 is 15.9 Å². The summed E-state index contributed by atoms with van der Waals surface area (Å²) in [6.07, 6.45) is 1.98. The molecule has 1 aromatic carbocycles. The Balaban J connectivity index is 1.74. The van der Waals surface area contributed by atoms with E-state index in [1.165, 1.54) is 0 Å². The fourth-order valence-electron chi connectivity index (χ4n) is 2.15. The predicted molar refractivity (Wildman–Crippen MR) is 77.1 cm³/mol. The Morgan fingerprint density at radius 3 is 2.89 bits per heavy atom. The molecule has 5 heteroatoms. The van der Waals surface area contributed by atoms with Gasteiger partial charge in [-0.15, -0.1) is 0 Å². The molecule has 3 N–H and O–H groups in total. The van der Waals surface area contributed by atoms with Crippen LogP contribution in [0.3, 0.4) is 0 Å². The van der Waals surface area contributed by atoms with Crippen molar-refractivity contribution in [2.45, 2.75) is 12.8 Å². The van der Waals surface area contributed by atoms with Gasteiger partial charge in [0.2, 0.25) is 0 Å². The van der Waals surface area contributed by atoms with Crippen LogP contribution in [0.1, 0.15) is 23.3 Å². The first-order valence-electron chi connectivity index (χ1n) is 6.29. The van der Waals surface area contributed by atoms with Crippen LogP contribution in [0, 0.1) is 5.41 Å². The smallest absolute Gasteiger partial charge is 0.267 e. The van der Waals surface area contributed by atoms with Crippen LogP contribution in [0.25, 0.3) is 10.9 Å². The van der Waals surface area contributed by atoms with Gasteiger partial charge in [0.1, 0.15) is 5.69 Å². The molecule has 0 saturated heterocycles. The lowest BCUT2D eigenvalue weighted by atomic mass is 10.1. The second-order valence-corrected chi connectivity index (χ2v) is 6.17. The molecule has 100 valence electrons. The number of hydrogen-bond acceptors (Lipinski definition) is 2. The average Bonchev–Trinajstić information content (AvgIpc) is 3.07. The molecule has 0 bridgehead atoms. The summed E-state index contributed by atoms with van der Waals surface area (Å²) in [5.74, 6) is -0.118. The minimum Gasteiger partial charge on any atom is -0.396 e. The van der Waals surface area contributed by atoms with E-state index in [-0.39, 0.29) is 17.9 Å².